The zero-order valence-corrected chi connectivity index (χ0v) is 11.1. The molecule has 1 fully saturated rings. The van der Waals surface area contributed by atoms with Crippen molar-refractivity contribution in [3.8, 4) is 5.75 Å². The Morgan fingerprint density at radius 2 is 2.05 bits per heavy atom. The van der Waals surface area contributed by atoms with Gasteiger partial charge in [0.25, 0.3) is 0 Å². The molecule has 1 aromatic heterocycles. The summed E-state index contributed by atoms with van der Waals surface area (Å²) in [7, 11) is 0. The first-order valence-corrected chi connectivity index (χ1v) is 6.73. The fourth-order valence-electron chi connectivity index (χ4n) is 2.50. The zero-order valence-electron chi connectivity index (χ0n) is 11.1. The lowest BCUT2D eigenvalue weighted by Gasteiger charge is -2.30. The molecule has 1 N–H and O–H groups in total. The molecule has 19 heavy (non-hydrogen) atoms. The van der Waals surface area contributed by atoms with Gasteiger partial charge in [0.15, 0.2) is 0 Å². The summed E-state index contributed by atoms with van der Waals surface area (Å²) in [5.74, 6) is 0.265. The third kappa shape index (κ3) is 2.36. The van der Waals surface area contributed by atoms with E-state index >= 15 is 0 Å². The Hall–Kier alpha value is -1.81. The maximum Gasteiger partial charge on any atom is 0.117 e. The van der Waals surface area contributed by atoms with Crippen molar-refractivity contribution < 1.29 is 9.84 Å². The Labute approximate surface area is 112 Å². The van der Waals surface area contributed by atoms with Crippen LogP contribution in [0.4, 0.5) is 5.69 Å². The van der Waals surface area contributed by atoms with Gasteiger partial charge in [0, 0.05) is 35.9 Å². The summed E-state index contributed by atoms with van der Waals surface area (Å²) in [5.41, 5.74) is 3.12. The Kier molecular flexibility index (Phi) is 3.25. The number of fused-ring (bicyclic) bond motifs is 1. The van der Waals surface area contributed by atoms with Crippen LogP contribution in [-0.2, 0) is 11.2 Å². The third-order valence-corrected chi connectivity index (χ3v) is 3.54. The summed E-state index contributed by atoms with van der Waals surface area (Å²) in [4.78, 5) is 6.93. The number of pyridine rings is 1. The SMILES string of the molecule is CCc1cc(N2CCOCC2)c2ccc(O)cc2n1. The van der Waals surface area contributed by atoms with E-state index in [1.165, 1.54) is 5.69 Å². The molecular weight excluding hydrogens is 240 g/mol. The summed E-state index contributed by atoms with van der Waals surface area (Å²) in [6.07, 6.45) is 0.892. The zero-order chi connectivity index (χ0) is 13.2. The molecule has 4 nitrogen and oxygen atoms in total. The quantitative estimate of drug-likeness (QED) is 0.898. The molecule has 2 heterocycles. The van der Waals surface area contributed by atoms with Crippen molar-refractivity contribution in [1.82, 2.24) is 4.98 Å². The topological polar surface area (TPSA) is 45.6 Å². The van der Waals surface area contributed by atoms with Crippen LogP contribution in [0, 0.1) is 0 Å². The van der Waals surface area contributed by atoms with Crippen molar-refractivity contribution >= 4 is 16.6 Å². The number of phenolic OH excluding ortho intramolecular Hbond substituents is 1. The molecular formula is C15H18N2O2. The number of ether oxygens (including phenoxy) is 1. The molecule has 0 amide bonds. The molecule has 0 aliphatic carbocycles. The van der Waals surface area contributed by atoms with Crippen molar-refractivity contribution in [2.24, 2.45) is 0 Å². The van der Waals surface area contributed by atoms with Gasteiger partial charge >= 0.3 is 0 Å². The normalized spacial score (nSPS) is 15.9. The maximum atomic E-state index is 9.62. The second-order valence-corrected chi connectivity index (χ2v) is 4.79. The van der Waals surface area contributed by atoms with Gasteiger partial charge in [-0.25, -0.2) is 0 Å². The maximum absolute atomic E-state index is 9.62. The number of hydrogen-bond acceptors (Lipinski definition) is 4. The fourth-order valence-corrected chi connectivity index (χ4v) is 2.50. The van der Waals surface area contributed by atoms with E-state index in [9.17, 15) is 5.11 Å². The van der Waals surface area contributed by atoms with Crippen molar-refractivity contribution in [2.45, 2.75) is 13.3 Å². The van der Waals surface area contributed by atoms with E-state index in [-0.39, 0.29) is 5.75 Å². The lowest BCUT2D eigenvalue weighted by Crippen LogP contribution is -2.36. The standard InChI is InChI=1S/C15H18N2O2/c1-2-11-9-15(17-5-7-19-8-6-17)13-4-3-12(18)10-14(13)16-11/h3-4,9-10,18H,2,5-8H2,1H3. The molecule has 0 bridgehead atoms. The number of morpholine rings is 1. The molecule has 2 aromatic rings. The van der Waals surface area contributed by atoms with E-state index in [1.54, 1.807) is 12.1 Å². The number of hydrogen-bond donors (Lipinski definition) is 1. The monoisotopic (exact) mass is 258 g/mol. The first kappa shape index (κ1) is 12.2. The van der Waals surface area contributed by atoms with E-state index in [0.29, 0.717) is 0 Å². The lowest BCUT2D eigenvalue weighted by atomic mass is 10.1. The Morgan fingerprint density at radius 1 is 1.26 bits per heavy atom. The van der Waals surface area contributed by atoms with Gasteiger partial charge in [-0.2, -0.15) is 0 Å². The molecule has 0 unspecified atom stereocenters. The molecule has 0 saturated carbocycles. The molecule has 100 valence electrons. The molecule has 3 rings (SSSR count). The second kappa shape index (κ2) is 5.05. The Bertz CT molecular complexity index is 592. The van der Waals surface area contributed by atoms with Crippen LogP contribution in [0.5, 0.6) is 5.75 Å². The van der Waals surface area contributed by atoms with Gasteiger partial charge in [-0.15, -0.1) is 0 Å². The molecule has 1 aromatic carbocycles. The van der Waals surface area contributed by atoms with Gasteiger partial charge < -0.3 is 14.7 Å². The van der Waals surface area contributed by atoms with E-state index in [4.69, 9.17) is 4.74 Å². The van der Waals surface area contributed by atoms with Crippen LogP contribution in [0.15, 0.2) is 24.3 Å². The highest BCUT2D eigenvalue weighted by Crippen LogP contribution is 2.29. The van der Waals surface area contributed by atoms with Crippen LogP contribution in [0.1, 0.15) is 12.6 Å². The lowest BCUT2D eigenvalue weighted by molar-refractivity contribution is 0.123. The molecule has 1 saturated heterocycles. The number of phenols is 1. The number of nitrogens with zero attached hydrogens (tertiary/aromatic N) is 2. The van der Waals surface area contributed by atoms with Crippen molar-refractivity contribution in [2.75, 3.05) is 31.2 Å². The summed E-state index contributed by atoms with van der Waals surface area (Å²) in [5, 5.41) is 10.7. The Balaban J connectivity index is 2.14. The number of rotatable bonds is 2. The number of aryl methyl sites for hydroxylation is 1. The van der Waals surface area contributed by atoms with E-state index in [2.05, 4.69) is 22.9 Å². The van der Waals surface area contributed by atoms with E-state index in [0.717, 1.165) is 49.3 Å². The van der Waals surface area contributed by atoms with Crippen molar-refractivity contribution in [3.63, 3.8) is 0 Å². The van der Waals surface area contributed by atoms with Gasteiger partial charge in [0.05, 0.1) is 18.7 Å². The minimum atomic E-state index is 0.265. The fraction of sp³-hybridized carbons (Fsp3) is 0.400. The highest BCUT2D eigenvalue weighted by molar-refractivity contribution is 5.92. The third-order valence-electron chi connectivity index (χ3n) is 3.54. The number of aromatic nitrogens is 1. The number of aromatic hydroxyl groups is 1. The molecule has 0 atom stereocenters. The van der Waals surface area contributed by atoms with Gasteiger partial charge in [0.1, 0.15) is 5.75 Å². The number of benzene rings is 1. The van der Waals surface area contributed by atoms with Crippen LogP contribution >= 0.6 is 0 Å². The first-order valence-electron chi connectivity index (χ1n) is 6.73. The highest BCUT2D eigenvalue weighted by atomic mass is 16.5. The molecule has 1 aliphatic heterocycles. The van der Waals surface area contributed by atoms with Crippen LogP contribution in [0.2, 0.25) is 0 Å². The minimum Gasteiger partial charge on any atom is -0.508 e. The van der Waals surface area contributed by atoms with E-state index in [1.807, 2.05) is 6.07 Å². The van der Waals surface area contributed by atoms with E-state index < -0.39 is 0 Å². The predicted molar refractivity (Wildman–Crippen MR) is 75.8 cm³/mol. The smallest absolute Gasteiger partial charge is 0.117 e. The van der Waals surface area contributed by atoms with Crippen LogP contribution in [0.3, 0.4) is 0 Å². The van der Waals surface area contributed by atoms with Gasteiger partial charge in [-0.1, -0.05) is 6.92 Å². The molecule has 4 heteroatoms. The van der Waals surface area contributed by atoms with Gasteiger partial charge in [0.2, 0.25) is 0 Å². The summed E-state index contributed by atoms with van der Waals surface area (Å²) in [6.45, 7) is 5.44. The van der Waals surface area contributed by atoms with Crippen LogP contribution in [0.25, 0.3) is 10.9 Å². The minimum absolute atomic E-state index is 0.265. The predicted octanol–water partition coefficient (Wildman–Crippen LogP) is 2.34. The molecule has 1 aliphatic rings. The number of anilines is 1. The summed E-state index contributed by atoms with van der Waals surface area (Å²) < 4.78 is 5.41. The second-order valence-electron chi connectivity index (χ2n) is 4.79. The first-order chi connectivity index (χ1) is 9.28. The average molecular weight is 258 g/mol. The van der Waals surface area contributed by atoms with Crippen molar-refractivity contribution in [3.05, 3.63) is 30.0 Å². The highest BCUT2D eigenvalue weighted by Gasteiger charge is 2.15. The molecule has 0 radical (unpaired) electrons. The summed E-state index contributed by atoms with van der Waals surface area (Å²) >= 11 is 0. The average Bonchev–Trinajstić information content (AvgIpc) is 2.46. The van der Waals surface area contributed by atoms with Crippen LogP contribution < -0.4 is 4.90 Å². The largest absolute Gasteiger partial charge is 0.508 e. The van der Waals surface area contributed by atoms with Crippen molar-refractivity contribution in [1.29, 1.82) is 0 Å². The molecule has 0 spiro atoms. The van der Waals surface area contributed by atoms with Gasteiger partial charge in [-0.05, 0) is 24.6 Å². The Morgan fingerprint density at radius 3 is 2.79 bits per heavy atom. The van der Waals surface area contributed by atoms with Gasteiger partial charge in [-0.3, -0.25) is 4.98 Å². The van der Waals surface area contributed by atoms with Crippen LogP contribution in [-0.4, -0.2) is 36.4 Å². The summed E-state index contributed by atoms with van der Waals surface area (Å²) in [6, 6.07) is 7.56.